The Labute approximate surface area is 87.9 Å². The van der Waals surface area contributed by atoms with Gasteiger partial charge < -0.3 is 4.90 Å². The van der Waals surface area contributed by atoms with Crippen molar-refractivity contribution >= 4 is 5.71 Å². The molecule has 0 aromatic rings. The van der Waals surface area contributed by atoms with Crippen molar-refractivity contribution in [2.24, 2.45) is 0 Å². The van der Waals surface area contributed by atoms with Crippen LogP contribution in [0.4, 0.5) is 0 Å². The molecule has 0 aliphatic carbocycles. The number of nitrogens with zero attached hydrogens (tertiary/aromatic N) is 2. The third-order valence-corrected chi connectivity index (χ3v) is 2.88. The molecule has 0 radical (unpaired) electrons. The van der Waals surface area contributed by atoms with Gasteiger partial charge >= 0.3 is 0 Å². The Kier molecular flexibility index (Phi) is 3.35. The van der Waals surface area contributed by atoms with Gasteiger partial charge in [0, 0.05) is 24.7 Å². The molecule has 14 heavy (non-hydrogen) atoms. The summed E-state index contributed by atoms with van der Waals surface area (Å²) in [6.45, 7) is 14.4. The summed E-state index contributed by atoms with van der Waals surface area (Å²) in [6, 6.07) is 1.17. The van der Waals surface area contributed by atoms with E-state index >= 15 is 0 Å². The van der Waals surface area contributed by atoms with Gasteiger partial charge in [-0.25, -0.2) is 4.58 Å². The van der Waals surface area contributed by atoms with Crippen LogP contribution in [0.2, 0.25) is 0 Å². The fourth-order valence-corrected chi connectivity index (χ4v) is 2.00. The van der Waals surface area contributed by atoms with Crippen molar-refractivity contribution in [3.63, 3.8) is 0 Å². The van der Waals surface area contributed by atoms with Gasteiger partial charge in [0.15, 0.2) is 5.71 Å². The Morgan fingerprint density at radius 2 is 1.79 bits per heavy atom. The zero-order valence-corrected chi connectivity index (χ0v) is 10.3. The molecule has 0 saturated carbocycles. The molecular weight excluding hydrogens is 172 g/mol. The van der Waals surface area contributed by atoms with E-state index in [9.17, 15) is 0 Å². The number of rotatable bonds is 2. The Hall–Kier alpha value is -0.790. The standard InChI is InChI=1S/C12H23N2/c1-9(2)13-8-14(10(3)4)12(6)7-11(13)5/h7,9-10H,8H2,1-6H3/q+1. The molecule has 1 aliphatic heterocycles. The highest BCUT2D eigenvalue weighted by atomic mass is 15.3. The first-order chi connectivity index (χ1) is 6.43. The maximum absolute atomic E-state index is 2.44. The molecule has 0 unspecified atom stereocenters. The summed E-state index contributed by atoms with van der Waals surface area (Å²) in [5, 5.41) is 0. The molecule has 0 saturated heterocycles. The van der Waals surface area contributed by atoms with E-state index in [2.05, 4.69) is 57.1 Å². The average Bonchev–Trinajstić information content (AvgIpc) is 2.02. The van der Waals surface area contributed by atoms with E-state index < -0.39 is 0 Å². The monoisotopic (exact) mass is 195 g/mol. The van der Waals surface area contributed by atoms with Crippen LogP contribution in [0.15, 0.2) is 11.8 Å². The van der Waals surface area contributed by atoms with Gasteiger partial charge in [0.25, 0.3) is 0 Å². The molecule has 0 spiro atoms. The quantitative estimate of drug-likeness (QED) is 0.613. The molecule has 0 fully saturated rings. The maximum Gasteiger partial charge on any atom is 0.219 e. The van der Waals surface area contributed by atoms with Crippen molar-refractivity contribution in [3.8, 4) is 0 Å². The van der Waals surface area contributed by atoms with E-state index in [1.165, 1.54) is 11.4 Å². The molecule has 1 heterocycles. The minimum Gasteiger partial charge on any atom is -0.318 e. The fourth-order valence-electron chi connectivity index (χ4n) is 2.00. The van der Waals surface area contributed by atoms with E-state index in [1.807, 2.05) is 0 Å². The molecule has 2 nitrogen and oxygen atoms in total. The Balaban J connectivity index is 2.94. The van der Waals surface area contributed by atoms with Crippen molar-refractivity contribution in [3.05, 3.63) is 11.8 Å². The summed E-state index contributed by atoms with van der Waals surface area (Å²) in [5.41, 5.74) is 2.77. The molecule has 1 aliphatic rings. The van der Waals surface area contributed by atoms with Crippen LogP contribution in [0.5, 0.6) is 0 Å². The highest BCUT2D eigenvalue weighted by Crippen LogP contribution is 2.14. The lowest BCUT2D eigenvalue weighted by Crippen LogP contribution is -2.43. The van der Waals surface area contributed by atoms with Gasteiger partial charge in [-0.2, -0.15) is 0 Å². The lowest BCUT2D eigenvalue weighted by atomic mass is 10.2. The minimum absolute atomic E-state index is 0.584. The number of allylic oxidation sites excluding steroid dienone is 2. The molecule has 0 bridgehead atoms. The van der Waals surface area contributed by atoms with E-state index in [1.54, 1.807) is 0 Å². The Morgan fingerprint density at radius 3 is 2.21 bits per heavy atom. The minimum atomic E-state index is 0.584. The largest absolute Gasteiger partial charge is 0.318 e. The second-order valence-corrected chi connectivity index (χ2v) is 4.70. The predicted molar refractivity (Wildman–Crippen MR) is 61.7 cm³/mol. The van der Waals surface area contributed by atoms with Crippen LogP contribution >= 0.6 is 0 Å². The highest BCUT2D eigenvalue weighted by Gasteiger charge is 2.24. The molecule has 2 heteroatoms. The van der Waals surface area contributed by atoms with Gasteiger partial charge in [-0.15, -0.1) is 0 Å². The molecular formula is C12H23N2+. The van der Waals surface area contributed by atoms with Crippen molar-refractivity contribution in [2.75, 3.05) is 6.67 Å². The molecule has 0 N–H and O–H groups in total. The van der Waals surface area contributed by atoms with Crippen molar-refractivity contribution in [2.45, 2.75) is 53.6 Å². The van der Waals surface area contributed by atoms with Gasteiger partial charge in [0.2, 0.25) is 6.67 Å². The van der Waals surface area contributed by atoms with E-state index in [0.29, 0.717) is 12.1 Å². The molecule has 0 aromatic carbocycles. The molecule has 80 valence electrons. The van der Waals surface area contributed by atoms with Gasteiger partial charge in [0.1, 0.15) is 6.04 Å². The summed E-state index contributed by atoms with van der Waals surface area (Å²) in [7, 11) is 0. The Bertz CT molecular complexity index is 272. The summed E-state index contributed by atoms with van der Waals surface area (Å²) < 4.78 is 2.44. The first-order valence-corrected chi connectivity index (χ1v) is 5.48. The summed E-state index contributed by atoms with van der Waals surface area (Å²) in [6.07, 6.45) is 2.28. The zero-order valence-electron chi connectivity index (χ0n) is 10.3. The lowest BCUT2D eigenvalue weighted by Gasteiger charge is -2.31. The summed E-state index contributed by atoms with van der Waals surface area (Å²) >= 11 is 0. The number of hydrogen-bond acceptors (Lipinski definition) is 1. The molecule has 0 aromatic heterocycles. The normalized spacial score (nSPS) is 18.3. The second kappa shape index (κ2) is 4.16. The predicted octanol–water partition coefficient (Wildman–Crippen LogP) is 2.45. The molecule has 0 atom stereocenters. The van der Waals surface area contributed by atoms with Crippen molar-refractivity contribution in [1.82, 2.24) is 4.90 Å². The van der Waals surface area contributed by atoms with Crippen LogP contribution in [0.25, 0.3) is 0 Å². The topological polar surface area (TPSA) is 6.25 Å². The molecule has 0 amide bonds. The van der Waals surface area contributed by atoms with Crippen LogP contribution in [-0.4, -0.2) is 33.9 Å². The van der Waals surface area contributed by atoms with Gasteiger partial charge in [-0.1, -0.05) is 0 Å². The van der Waals surface area contributed by atoms with Gasteiger partial charge in [0.05, 0.1) is 0 Å². The first kappa shape index (κ1) is 11.3. The van der Waals surface area contributed by atoms with E-state index in [-0.39, 0.29) is 0 Å². The SMILES string of the molecule is CC1=CC(C)=[N+](C(C)C)CN1C(C)C. The third-order valence-electron chi connectivity index (χ3n) is 2.88. The molecule has 1 rings (SSSR count). The average molecular weight is 195 g/mol. The zero-order chi connectivity index (χ0) is 10.9. The van der Waals surface area contributed by atoms with Crippen LogP contribution in [0.1, 0.15) is 41.5 Å². The van der Waals surface area contributed by atoms with E-state index in [0.717, 1.165) is 6.67 Å². The van der Waals surface area contributed by atoms with Gasteiger partial charge in [-0.05, 0) is 34.6 Å². The first-order valence-electron chi connectivity index (χ1n) is 5.48. The fraction of sp³-hybridized carbons (Fsp3) is 0.750. The Morgan fingerprint density at radius 1 is 1.21 bits per heavy atom. The highest BCUT2D eigenvalue weighted by molar-refractivity contribution is 5.89. The smallest absolute Gasteiger partial charge is 0.219 e. The van der Waals surface area contributed by atoms with Crippen molar-refractivity contribution in [1.29, 1.82) is 0 Å². The van der Waals surface area contributed by atoms with Crippen molar-refractivity contribution < 1.29 is 4.58 Å². The lowest BCUT2D eigenvalue weighted by molar-refractivity contribution is -0.579. The van der Waals surface area contributed by atoms with Crippen LogP contribution in [-0.2, 0) is 0 Å². The third kappa shape index (κ3) is 2.17. The maximum atomic E-state index is 2.44. The second-order valence-electron chi connectivity index (χ2n) is 4.70. The van der Waals surface area contributed by atoms with Crippen LogP contribution in [0.3, 0.4) is 0 Å². The summed E-state index contributed by atoms with van der Waals surface area (Å²) in [5.74, 6) is 0. The number of hydrogen-bond donors (Lipinski definition) is 0. The van der Waals surface area contributed by atoms with E-state index in [4.69, 9.17) is 0 Å². The van der Waals surface area contributed by atoms with Crippen LogP contribution in [0, 0.1) is 0 Å². The summed E-state index contributed by atoms with van der Waals surface area (Å²) in [4.78, 5) is 2.44. The van der Waals surface area contributed by atoms with Gasteiger partial charge in [-0.3, -0.25) is 0 Å². The van der Waals surface area contributed by atoms with Crippen LogP contribution < -0.4 is 0 Å².